The highest BCUT2D eigenvalue weighted by Gasteiger charge is 2.51. The largest absolute Gasteiger partial charge is 0.386 e. The predicted octanol–water partition coefficient (Wildman–Crippen LogP) is 2.56. The number of rotatable bonds is 4. The van der Waals surface area contributed by atoms with Crippen molar-refractivity contribution in [1.29, 1.82) is 0 Å². The minimum absolute atomic E-state index is 0.161. The second-order valence-electron chi connectivity index (χ2n) is 7.27. The summed E-state index contributed by atoms with van der Waals surface area (Å²) in [6.07, 6.45) is 0.371. The molecule has 4 rings (SSSR count). The van der Waals surface area contributed by atoms with Crippen molar-refractivity contribution in [3.63, 3.8) is 0 Å². The van der Waals surface area contributed by atoms with E-state index in [2.05, 4.69) is 20.7 Å². The Morgan fingerprint density at radius 1 is 1.33 bits per heavy atom. The van der Waals surface area contributed by atoms with Crippen LogP contribution in [0.25, 0.3) is 5.57 Å². The number of alkyl halides is 1. The average molecular weight is 449 g/mol. The van der Waals surface area contributed by atoms with E-state index in [1.807, 2.05) is 30.3 Å². The maximum atomic E-state index is 11.9. The Balaban J connectivity index is 1.79. The van der Waals surface area contributed by atoms with E-state index in [9.17, 15) is 9.90 Å². The molecule has 1 aromatic heterocycles. The van der Waals surface area contributed by atoms with Gasteiger partial charge in [-0.15, -0.1) is 11.6 Å². The molecule has 158 valence electrons. The molecule has 1 aliphatic carbocycles. The molecule has 0 saturated carbocycles. The molecule has 1 aliphatic heterocycles. The number of nitrogens with zero attached hydrogens (tertiary/aromatic N) is 2. The lowest BCUT2D eigenvalue weighted by atomic mass is 9.82. The predicted molar refractivity (Wildman–Crippen MR) is 116 cm³/mol. The van der Waals surface area contributed by atoms with Crippen molar-refractivity contribution >= 4 is 40.5 Å². The number of halogens is 2. The van der Waals surface area contributed by atoms with Gasteiger partial charge in [0, 0.05) is 39.2 Å². The molecular weight excluding hydrogens is 427 g/mol. The third kappa shape index (κ3) is 3.74. The fourth-order valence-corrected chi connectivity index (χ4v) is 4.47. The number of piperazine rings is 1. The van der Waals surface area contributed by atoms with Gasteiger partial charge >= 0.3 is 0 Å². The Morgan fingerprint density at radius 3 is 2.70 bits per heavy atom. The third-order valence-electron chi connectivity index (χ3n) is 5.26. The van der Waals surface area contributed by atoms with Crippen LogP contribution in [0, 0.1) is 0 Å². The zero-order valence-electron chi connectivity index (χ0n) is 16.4. The summed E-state index contributed by atoms with van der Waals surface area (Å²) in [5, 5.41) is 21.7. The lowest BCUT2D eigenvalue weighted by Gasteiger charge is -2.37. The number of carbonyl (C=O) groups excluding carboxylic acids is 1. The first-order chi connectivity index (χ1) is 14.4. The minimum atomic E-state index is -1.65. The fraction of sp³-hybridized carbons (Fsp3) is 0.333. The third-order valence-corrected chi connectivity index (χ3v) is 6.14. The smallest absolute Gasteiger partial charge is 0.221 e. The summed E-state index contributed by atoms with van der Waals surface area (Å²) in [5.41, 5.74) is 1.44. The second kappa shape index (κ2) is 8.43. The molecule has 2 unspecified atom stereocenters. The summed E-state index contributed by atoms with van der Waals surface area (Å²) in [5.74, 6) is 0.459. The van der Waals surface area contributed by atoms with Gasteiger partial charge in [0.05, 0.1) is 10.7 Å². The van der Waals surface area contributed by atoms with E-state index in [0.29, 0.717) is 11.4 Å². The number of nitrogens with one attached hydrogen (secondary N) is 2. The second-order valence-corrected chi connectivity index (χ2v) is 8.27. The van der Waals surface area contributed by atoms with Gasteiger partial charge in [-0.2, -0.15) is 0 Å². The lowest BCUT2D eigenvalue weighted by Crippen LogP contribution is -2.45. The van der Waals surface area contributed by atoms with Crippen molar-refractivity contribution < 1.29 is 14.4 Å². The monoisotopic (exact) mass is 448 g/mol. The van der Waals surface area contributed by atoms with Crippen molar-refractivity contribution in [2.24, 2.45) is 0 Å². The van der Waals surface area contributed by atoms with Gasteiger partial charge in [0.1, 0.15) is 6.10 Å². The number of anilines is 1. The van der Waals surface area contributed by atoms with E-state index in [-0.39, 0.29) is 22.4 Å². The van der Waals surface area contributed by atoms with E-state index in [1.165, 1.54) is 6.92 Å². The molecule has 2 atom stereocenters. The van der Waals surface area contributed by atoms with Crippen molar-refractivity contribution in [2.75, 3.05) is 31.1 Å². The van der Waals surface area contributed by atoms with E-state index in [4.69, 9.17) is 27.7 Å². The highest BCUT2D eigenvalue weighted by atomic mass is 35.5. The van der Waals surface area contributed by atoms with Gasteiger partial charge in [-0.1, -0.05) is 47.1 Å². The van der Waals surface area contributed by atoms with Gasteiger partial charge in [-0.25, -0.2) is 0 Å². The molecule has 7 nitrogen and oxygen atoms in total. The summed E-state index contributed by atoms with van der Waals surface area (Å²) in [4.78, 5) is 12.3. The summed E-state index contributed by atoms with van der Waals surface area (Å²) in [6.45, 7) is 4.56. The molecule has 1 saturated heterocycles. The first-order valence-corrected chi connectivity index (χ1v) is 10.4. The van der Waals surface area contributed by atoms with Gasteiger partial charge in [-0.05, 0) is 17.2 Å². The zero-order chi connectivity index (χ0) is 21.3. The standard InChI is InChI=1S/C21H22Cl2N4O3/c1-13(28)25-19-16(22)11-15(14-5-3-2-4-6-14)20(29)21(19,23)17-12-18(26-30-17)27-9-7-24-8-10-27/h2-6,11-12,20,24,29H,7-10H2,1H3,(H,25,28). The molecule has 3 N–H and O–H groups in total. The topological polar surface area (TPSA) is 90.6 Å². The lowest BCUT2D eigenvalue weighted by molar-refractivity contribution is -0.118. The van der Waals surface area contributed by atoms with Crippen LogP contribution in [0.5, 0.6) is 0 Å². The molecule has 2 aliphatic rings. The molecule has 1 fully saturated rings. The van der Waals surface area contributed by atoms with Crippen molar-refractivity contribution in [3.05, 3.63) is 64.5 Å². The van der Waals surface area contributed by atoms with Crippen LogP contribution in [-0.2, 0) is 9.67 Å². The number of hydrogen-bond donors (Lipinski definition) is 3. The van der Waals surface area contributed by atoms with E-state index >= 15 is 0 Å². The van der Waals surface area contributed by atoms with Crippen molar-refractivity contribution in [3.8, 4) is 0 Å². The Labute approximate surface area is 184 Å². The summed E-state index contributed by atoms with van der Waals surface area (Å²) in [7, 11) is 0. The number of aliphatic hydroxyl groups is 1. The SMILES string of the molecule is CC(=O)NC1=C(Cl)C=C(c2ccccc2)C(O)C1(Cl)c1cc(N2CCNCC2)no1. The van der Waals surface area contributed by atoms with Gasteiger partial charge < -0.3 is 25.2 Å². The molecule has 1 amide bonds. The molecule has 0 bridgehead atoms. The van der Waals surface area contributed by atoms with E-state index in [0.717, 1.165) is 31.7 Å². The molecular formula is C21H22Cl2N4O3. The molecule has 0 radical (unpaired) electrons. The van der Waals surface area contributed by atoms with Gasteiger partial charge in [0.15, 0.2) is 16.5 Å². The van der Waals surface area contributed by atoms with Crippen LogP contribution in [0.3, 0.4) is 0 Å². The minimum Gasteiger partial charge on any atom is -0.386 e. The first-order valence-electron chi connectivity index (χ1n) is 9.66. The first kappa shape index (κ1) is 20.9. The number of carbonyl (C=O) groups is 1. The number of aromatic nitrogens is 1. The Hall–Kier alpha value is -2.32. The summed E-state index contributed by atoms with van der Waals surface area (Å²) < 4.78 is 5.60. The van der Waals surface area contributed by atoms with Gasteiger partial charge in [0.2, 0.25) is 5.91 Å². The Bertz CT molecular complexity index is 999. The molecule has 2 heterocycles. The van der Waals surface area contributed by atoms with Crippen LogP contribution in [0.15, 0.2) is 57.7 Å². The number of amides is 1. The quantitative estimate of drug-likeness (QED) is 0.622. The van der Waals surface area contributed by atoms with Crippen LogP contribution >= 0.6 is 23.2 Å². The highest BCUT2D eigenvalue weighted by Crippen LogP contribution is 2.49. The Morgan fingerprint density at radius 2 is 2.03 bits per heavy atom. The maximum Gasteiger partial charge on any atom is 0.221 e. The van der Waals surface area contributed by atoms with Crippen LogP contribution in [0.1, 0.15) is 18.2 Å². The summed E-state index contributed by atoms with van der Waals surface area (Å²) >= 11 is 13.6. The maximum absolute atomic E-state index is 11.9. The van der Waals surface area contributed by atoms with E-state index < -0.39 is 11.0 Å². The van der Waals surface area contributed by atoms with Crippen LogP contribution in [-0.4, -0.2) is 48.5 Å². The summed E-state index contributed by atoms with van der Waals surface area (Å²) in [6, 6.07) is 11.0. The number of allylic oxidation sites excluding steroid dienone is 2. The van der Waals surface area contributed by atoms with Crippen molar-refractivity contribution in [2.45, 2.75) is 17.9 Å². The van der Waals surface area contributed by atoms with Crippen LogP contribution in [0.4, 0.5) is 5.82 Å². The van der Waals surface area contributed by atoms with Crippen LogP contribution < -0.4 is 15.5 Å². The molecule has 1 aromatic carbocycles. The number of hydrogen-bond acceptors (Lipinski definition) is 6. The fourth-order valence-electron chi connectivity index (χ4n) is 3.75. The molecule has 2 aromatic rings. The van der Waals surface area contributed by atoms with Gasteiger partial charge in [-0.3, -0.25) is 4.79 Å². The molecule has 9 heteroatoms. The number of aliphatic hydroxyl groups excluding tert-OH is 1. The average Bonchev–Trinajstić information content (AvgIpc) is 3.26. The molecule has 30 heavy (non-hydrogen) atoms. The molecule has 0 spiro atoms. The highest BCUT2D eigenvalue weighted by molar-refractivity contribution is 6.35. The van der Waals surface area contributed by atoms with Crippen LogP contribution in [0.2, 0.25) is 0 Å². The van der Waals surface area contributed by atoms with Gasteiger partial charge in [0.25, 0.3) is 0 Å². The Kier molecular flexibility index (Phi) is 5.88. The normalized spacial score (nSPS) is 24.6. The van der Waals surface area contributed by atoms with E-state index in [1.54, 1.807) is 12.1 Å². The number of benzene rings is 1. The van der Waals surface area contributed by atoms with Crippen molar-refractivity contribution in [1.82, 2.24) is 15.8 Å². The zero-order valence-corrected chi connectivity index (χ0v) is 17.9.